The third kappa shape index (κ3) is 3.57. The van der Waals surface area contributed by atoms with Crippen LogP contribution in [0, 0.1) is 0 Å². The van der Waals surface area contributed by atoms with Gasteiger partial charge in [0, 0.05) is 22.7 Å². The number of hydrogen-bond donors (Lipinski definition) is 0. The fraction of sp³-hybridized carbons (Fsp3) is 0.667. The van der Waals surface area contributed by atoms with Crippen LogP contribution in [0.5, 0.6) is 0 Å². The molecule has 0 spiro atoms. The average molecular weight is 305 g/mol. The fourth-order valence-corrected chi connectivity index (χ4v) is 5.24. The lowest BCUT2D eigenvalue weighted by atomic mass is 10.0. The van der Waals surface area contributed by atoms with Crippen LogP contribution in [0.1, 0.15) is 38.5 Å². The smallest absolute Gasteiger partial charge is 0.0507 e. The van der Waals surface area contributed by atoms with Gasteiger partial charge in [0.05, 0.1) is 5.69 Å². The predicted octanol–water partition coefficient (Wildman–Crippen LogP) is 4.25. The van der Waals surface area contributed by atoms with E-state index in [1.807, 2.05) is 0 Å². The van der Waals surface area contributed by atoms with E-state index >= 15 is 0 Å². The van der Waals surface area contributed by atoms with Crippen LogP contribution in [0.25, 0.3) is 0 Å². The van der Waals surface area contributed by atoms with Gasteiger partial charge in [-0.1, -0.05) is 31.4 Å². The van der Waals surface area contributed by atoms with Crippen molar-refractivity contribution in [3.8, 4) is 0 Å². The van der Waals surface area contributed by atoms with Crippen molar-refractivity contribution in [3.63, 3.8) is 0 Å². The molecular formula is C18H28N2S. The van der Waals surface area contributed by atoms with Crippen molar-refractivity contribution in [1.29, 1.82) is 0 Å². The molecule has 1 aromatic rings. The lowest BCUT2D eigenvalue weighted by molar-refractivity contribution is 0.393. The minimum atomic E-state index is 0.759. The summed E-state index contributed by atoms with van der Waals surface area (Å²) in [5.41, 5.74) is 1.49. The molecule has 0 N–H and O–H groups in total. The lowest BCUT2D eigenvalue weighted by Gasteiger charge is -2.43. The Morgan fingerprint density at radius 1 is 1.14 bits per heavy atom. The molecule has 116 valence electrons. The molecule has 0 bridgehead atoms. The molecule has 2 aliphatic rings. The van der Waals surface area contributed by atoms with Crippen molar-refractivity contribution >= 4 is 17.4 Å². The Hall–Kier alpha value is -0.670. The van der Waals surface area contributed by atoms with Gasteiger partial charge in [-0.15, -0.1) is 11.8 Å². The van der Waals surface area contributed by atoms with E-state index in [0.717, 1.165) is 11.3 Å². The molecule has 2 nitrogen and oxygen atoms in total. The second kappa shape index (κ2) is 7.06. The van der Waals surface area contributed by atoms with Crippen LogP contribution in [0.4, 0.5) is 5.69 Å². The number of anilines is 1. The van der Waals surface area contributed by atoms with Gasteiger partial charge in [0.2, 0.25) is 0 Å². The van der Waals surface area contributed by atoms with Crippen molar-refractivity contribution in [1.82, 2.24) is 4.90 Å². The lowest BCUT2D eigenvalue weighted by Crippen LogP contribution is -2.45. The van der Waals surface area contributed by atoms with Crippen molar-refractivity contribution < 1.29 is 0 Å². The van der Waals surface area contributed by atoms with E-state index in [1.165, 1.54) is 62.2 Å². The molecule has 0 saturated heterocycles. The highest BCUT2D eigenvalue weighted by molar-refractivity contribution is 8.00. The molecule has 21 heavy (non-hydrogen) atoms. The molecule has 1 fully saturated rings. The topological polar surface area (TPSA) is 6.48 Å². The zero-order valence-corrected chi connectivity index (χ0v) is 14.2. The van der Waals surface area contributed by atoms with Crippen molar-refractivity contribution in [3.05, 3.63) is 24.3 Å². The maximum absolute atomic E-state index is 2.74. The van der Waals surface area contributed by atoms with Gasteiger partial charge >= 0.3 is 0 Å². The van der Waals surface area contributed by atoms with Gasteiger partial charge in [0.25, 0.3) is 0 Å². The van der Waals surface area contributed by atoms with E-state index in [0.29, 0.717) is 0 Å². The molecule has 3 heteroatoms. The highest BCUT2D eigenvalue weighted by Gasteiger charge is 2.34. The SMILES string of the molecule is CN(C)CCCN1c2ccccc2S[C@H]2CCCCC[C@@H]21. The largest absolute Gasteiger partial charge is 0.366 e. The first-order chi connectivity index (χ1) is 10.3. The van der Waals surface area contributed by atoms with Gasteiger partial charge in [0.1, 0.15) is 0 Å². The summed E-state index contributed by atoms with van der Waals surface area (Å²) in [5, 5.41) is 0.807. The molecule has 1 aromatic carbocycles. The maximum Gasteiger partial charge on any atom is 0.0507 e. The molecule has 0 aromatic heterocycles. The standard InChI is InChI=1S/C18H28N2S/c1-19(2)13-8-14-20-15-9-4-3-5-11-17(15)21-18-12-7-6-10-16(18)20/h6-7,10,12,15,17H,3-5,8-9,11,13-14H2,1-2H3/t15-,17-/m0/s1. The van der Waals surface area contributed by atoms with E-state index in [2.05, 4.69) is 59.9 Å². The number of para-hydroxylation sites is 1. The molecule has 0 unspecified atom stereocenters. The second-order valence-electron chi connectivity index (χ2n) is 6.68. The van der Waals surface area contributed by atoms with E-state index < -0.39 is 0 Å². The number of rotatable bonds is 4. The van der Waals surface area contributed by atoms with Gasteiger partial charge in [-0.25, -0.2) is 0 Å². The molecule has 1 aliphatic carbocycles. The van der Waals surface area contributed by atoms with Crippen molar-refractivity contribution in [2.24, 2.45) is 0 Å². The fourth-order valence-electron chi connectivity index (χ4n) is 3.73. The predicted molar refractivity (Wildman–Crippen MR) is 93.5 cm³/mol. The Morgan fingerprint density at radius 3 is 2.81 bits per heavy atom. The number of hydrogen-bond acceptors (Lipinski definition) is 3. The third-order valence-corrected chi connectivity index (χ3v) is 6.23. The van der Waals surface area contributed by atoms with Crippen molar-refractivity contribution in [2.45, 2.75) is 54.7 Å². The summed E-state index contributed by atoms with van der Waals surface area (Å²) in [5.74, 6) is 0. The summed E-state index contributed by atoms with van der Waals surface area (Å²) in [6, 6.07) is 9.81. The molecule has 3 rings (SSSR count). The van der Waals surface area contributed by atoms with Crippen LogP contribution in [-0.2, 0) is 0 Å². The molecule has 1 heterocycles. The Kier molecular flexibility index (Phi) is 5.12. The molecular weight excluding hydrogens is 276 g/mol. The summed E-state index contributed by atoms with van der Waals surface area (Å²) < 4.78 is 0. The summed E-state index contributed by atoms with van der Waals surface area (Å²) in [7, 11) is 4.35. The minimum Gasteiger partial charge on any atom is -0.366 e. The van der Waals surface area contributed by atoms with E-state index in [4.69, 9.17) is 0 Å². The number of nitrogens with zero attached hydrogens (tertiary/aromatic N) is 2. The first kappa shape index (κ1) is 15.2. The summed E-state index contributed by atoms with van der Waals surface area (Å²) in [6.45, 7) is 2.39. The molecule has 1 aliphatic heterocycles. The third-order valence-electron chi connectivity index (χ3n) is 4.78. The Balaban J connectivity index is 1.81. The van der Waals surface area contributed by atoms with E-state index in [9.17, 15) is 0 Å². The van der Waals surface area contributed by atoms with E-state index in [1.54, 1.807) is 0 Å². The van der Waals surface area contributed by atoms with Crippen LogP contribution in [0.2, 0.25) is 0 Å². The Labute approximate surface area is 133 Å². The molecule has 0 radical (unpaired) electrons. The van der Waals surface area contributed by atoms with Gasteiger partial charge < -0.3 is 9.80 Å². The number of thioether (sulfide) groups is 1. The average Bonchev–Trinajstić information content (AvgIpc) is 2.71. The first-order valence-electron chi connectivity index (χ1n) is 8.43. The van der Waals surface area contributed by atoms with Gasteiger partial charge in [-0.3, -0.25) is 0 Å². The van der Waals surface area contributed by atoms with Crippen LogP contribution < -0.4 is 4.90 Å². The number of fused-ring (bicyclic) bond motifs is 2. The van der Waals surface area contributed by atoms with Gasteiger partial charge in [-0.2, -0.15) is 0 Å². The molecule has 2 atom stereocenters. The highest BCUT2D eigenvalue weighted by atomic mass is 32.2. The highest BCUT2D eigenvalue weighted by Crippen LogP contribution is 2.45. The number of benzene rings is 1. The first-order valence-corrected chi connectivity index (χ1v) is 9.31. The van der Waals surface area contributed by atoms with Crippen LogP contribution in [0.3, 0.4) is 0 Å². The zero-order chi connectivity index (χ0) is 14.7. The van der Waals surface area contributed by atoms with Crippen LogP contribution in [0.15, 0.2) is 29.2 Å². The second-order valence-corrected chi connectivity index (χ2v) is 7.96. The molecule has 0 amide bonds. The van der Waals surface area contributed by atoms with Gasteiger partial charge in [0.15, 0.2) is 0 Å². The van der Waals surface area contributed by atoms with Crippen LogP contribution in [-0.4, -0.2) is 43.4 Å². The zero-order valence-electron chi connectivity index (χ0n) is 13.4. The maximum atomic E-state index is 2.74. The molecule has 1 saturated carbocycles. The Morgan fingerprint density at radius 2 is 1.95 bits per heavy atom. The summed E-state index contributed by atoms with van der Waals surface area (Å²) >= 11 is 2.15. The summed E-state index contributed by atoms with van der Waals surface area (Å²) in [6.07, 6.45) is 8.29. The summed E-state index contributed by atoms with van der Waals surface area (Å²) in [4.78, 5) is 6.55. The van der Waals surface area contributed by atoms with E-state index in [-0.39, 0.29) is 0 Å². The normalized spacial score (nSPS) is 25.4. The Bertz CT molecular complexity index is 460. The minimum absolute atomic E-state index is 0.759. The quantitative estimate of drug-likeness (QED) is 0.821. The van der Waals surface area contributed by atoms with Crippen LogP contribution >= 0.6 is 11.8 Å². The monoisotopic (exact) mass is 304 g/mol. The van der Waals surface area contributed by atoms with Crippen molar-refractivity contribution in [2.75, 3.05) is 32.1 Å². The van der Waals surface area contributed by atoms with Gasteiger partial charge in [-0.05, 0) is 52.0 Å².